The SMILES string of the molecule is CC1(C)OB(Cc2nn(Cc3nc4cc(Cl)ccc4s3)c(=O)c3nccnc23)OC1(C)C. The predicted molar refractivity (Wildman–Crippen MR) is 125 cm³/mol. The zero-order valence-electron chi connectivity index (χ0n) is 18.1. The zero-order valence-corrected chi connectivity index (χ0v) is 19.7. The highest BCUT2D eigenvalue weighted by atomic mass is 35.5. The van der Waals surface area contributed by atoms with Crippen molar-refractivity contribution in [1.82, 2.24) is 24.7 Å². The monoisotopic (exact) mass is 469 g/mol. The highest BCUT2D eigenvalue weighted by Crippen LogP contribution is 2.37. The van der Waals surface area contributed by atoms with Gasteiger partial charge in [0.15, 0.2) is 5.52 Å². The molecule has 0 spiro atoms. The van der Waals surface area contributed by atoms with Crippen molar-refractivity contribution in [3.05, 3.63) is 56.7 Å². The molecular formula is C21H21BClN5O3S. The van der Waals surface area contributed by atoms with Gasteiger partial charge in [-0.1, -0.05) is 11.6 Å². The van der Waals surface area contributed by atoms with Crippen LogP contribution in [0.5, 0.6) is 0 Å². The average Bonchev–Trinajstić information content (AvgIpc) is 3.20. The van der Waals surface area contributed by atoms with Gasteiger partial charge in [0.1, 0.15) is 10.5 Å². The van der Waals surface area contributed by atoms with Gasteiger partial charge in [-0.15, -0.1) is 11.3 Å². The Bertz CT molecular complexity index is 1390. The van der Waals surface area contributed by atoms with Crippen LogP contribution >= 0.6 is 22.9 Å². The van der Waals surface area contributed by atoms with Crippen molar-refractivity contribution in [1.29, 1.82) is 0 Å². The summed E-state index contributed by atoms with van der Waals surface area (Å²) in [6.07, 6.45) is 3.41. The molecule has 0 atom stereocenters. The summed E-state index contributed by atoms with van der Waals surface area (Å²) in [6.45, 7) is 8.22. The fourth-order valence-electron chi connectivity index (χ4n) is 3.66. The smallest absolute Gasteiger partial charge is 0.403 e. The maximum Gasteiger partial charge on any atom is 0.464 e. The molecule has 0 radical (unpaired) electrons. The molecule has 0 N–H and O–H groups in total. The Labute approximate surface area is 193 Å². The summed E-state index contributed by atoms with van der Waals surface area (Å²) in [5.41, 5.74) is 0.867. The molecule has 0 amide bonds. The first-order valence-electron chi connectivity index (χ1n) is 10.2. The third kappa shape index (κ3) is 3.71. The molecule has 0 saturated carbocycles. The normalized spacial score (nSPS) is 17.5. The van der Waals surface area contributed by atoms with Crippen molar-refractivity contribution in [3.8, 4) is 0 Å². The van der Waals surface area contributed by atoms with Gasteiger partial charge < -0.3 is 9.31 Å². The van der Waals surface area contributed by atoms with Crippen LogP contribution in [0.3, 0.4) is 0 Å². The lowest BCUT2D eigenvalue weighted by atomic mass is 9.82. The highest BCUT2D eigenvalue weighted by molar-refractivity contribution is 7.18. The van der Waals surface area contributed by atoms with E-state index in [0.717, 1.165) is 15.2 Å². The van der Waals surface area contributed by atoms with Crippen molar-refractivity contribution < 1.29 is 9.31 Å². The summed E-state index contributed by atoms with van der Waals surface area (Å²) in [5.74, 6) is 0. The van der Waals surface area contributed by atoms with Gasteiger partial charge in [0.2, 0.25) is 0 Å². The van der Waals surface area contributed by atoms with Crippen LogP contribution in [0, 0.1) is 0 Å². The van der Waals surface area contributed by atoms with E-state index < -0.39 is 18.3 Å². The van der Waals surface area contributed by atoms with Gasteiger partial charge in [-0.2, -0.15) is 5.10 Å². The minimum absolute atomic E-state index is 0.221. The molecule has 3 aromatic heterocycles. The molecule has 4 heterocycles. The molecule has 0 unspecified atom stereocenters. The van der Waals surface area contributed by atoms with Crippen LogP contribution in [0.4, 0.5) is 0 Å². The molecule has 1 aliphatic heterocycles. The fourth-order valence-corrected chi connectivity index (χ4v) is 4.76. The maximum absolute atomic E-state index is 13.1. The molecule has 11 heteroatoms. The van der Waals surface area contributed by atoms with Crippen LogP contribution in [0.25, 0.3) is 21.3 Å². The van der Waals surface area contributed by atoms with Crippen LogP contribution in [-0.4, -0.2) is 43.1 Å². The van der Waals surface area contributed by atoms with Gasteiger partial charge in [0.05, 0.1) is 33.7 Å². The molecule has 1 aromatic carbocycles. The van der Waals surface area contributed by atoms with Crippen molar-refractivity contribution in [2.75, 3.05) is 0 Å². The van der Waals surface area contributed by atoms with Crippen molar-refractivity contribution in [2.45, 2.75) is 51.8 Å². The molecule has 1 fully saturated rings. The van der Waals surface area contributed by atoms with Gasteiger partial charge in [0.25, 0.3) is 5.56 Å². The number of hydrogen-bond donors (Lipinski definition) is 0. The molecule has 0 bridgehead atoms. The van der Waals surface area contributed by atoms with Crippen molar-refractivity contribution in [2.24, 2.45) is 0 Å². The third-order valence-electron chi connectivity index (χ3n) is 5.99. The summed E-state index contributed by atoms with van der Waals surface area (Å²) in [5, 5.41) is 6.00. The summed E-state index contributed by atoms with van der Waals surface area (Å²) in [7, 11) is -0.506. The first-order valence-corrected chi connectivity index (χ1v) is 11.4. The van der Waals surface area contributed by atoms with Crippen LogP contribution in [0.1, 0.15) is 38.4 Å². The first-order chi connectivity index (χ1) is 15.1. The lowest BCUT2D eigenvalue weighted by Gasteiger charge is -2.32. The van der Waals surface area contributed by atoms with E-state index in [9.17, 15) is 4.79 Å². The molecule has 8 nitrogen and oxygen atoms in total. The average molecular weight is 470 g/mol. The van der Waals surface area contributed by atoms with E-state index in [2.05, 4.69) is 20.1 Å². The quantitative estimate of drug-likeness (QED) is 0.421. The topological polar surface area (TPSA) is 92.0 Å². The number of aromatic nitrogens is 5. The Morgan fingerprint density at radius 2 is 1.78 bits per heavy atom. The van der Waals surface area contributed by atoms with E-state index in [4.69, 9.17) is 20.9 Å². The van der Waals surface area contributed by atoms with Gasteiger partial charge in [-0.3, -0.25) is 9.78 Å². The van der Waals surface area contributed by atoms with E-state index in [1.807, 2.05) is 45.9 Å². The number of halogens is 1. The number of hydrogen-bond acceptors (Lipinski definition) is 8. The molecular weight excluding hydrogens is 449 g/mol. The van der Waals surface area contributed by atoms with Crippen LogP contribution < -0.4 is 5.56 Å². The van der Waals surface area contributed by atoms with Gasteiger partial charge in [-0.05, 0) is 45.9 Å². The maximum atomic E-state index is 13.1. The van der Waals surface area contributed by atoms with E-state index in [0.29, 0.717) is 22.6 Å². The Balaban J connectivity index is 1.53. The van der Waals surface area contributed by atoms with E-state index in [-0.39, 0.29) is 17.6 Å². The van der Waals surface area contributed by atoms with Crippen molar-refractivity contribution in [3.63, 3.8) is 0 Å². The Morgan fingerprint density at radius 3 is 2.50 bits per heavy atom. The van der Waals surface area contributed by atoms with E-state index >= 15 is 0 Å². The van der Waals surface area contributed by atoms with Gasteiger partial charge in [0, 0.05) is 23.7 Å². The van der Waals surface area contributed by atoms with Crippen molar-refractivity contribution >= 4 is 51.3 Å². The standard InChI is InChI=1S/C21H21BClN5O3S/c1-20(2)21(3,4)31-22(30-20)10-14-17-18(25-8-7-24-17)19(29)28(27-14)11-16-26-13-9-12(23)5-6-15(13)32-16/h5-9H,10-11H2,1-4H3. The minimum atomic E-state index is -0.506. The summed E-state index contributed by atoms with van der Waals surface area (Å²) >= 11 is 7.58. The van der Waals surface area contributed by atoms with Crippen LogP contribution in [0.2, 0.25) is 5.02 Å². The number of thiazole rings is 1. The lowest BCUT2D eigenvalue weighted by Crippen LogP contribution is -2.41. The lowest BCUT2D eigenvalue weighted by molar-refractivity contribution is 0.00578. The van der Waals surface area contributed by atoms with Gasteiger partial charge in [-0.25, -0.2) is 14.6 Å². The molecule has 1 saturated heterocycles. The second-order valence-corrected chi connectivity index (χ2v) is 10.3. The molecule has 5 rings (SSSR count). The van der Waals surface area contributed by atoms with E-state index in [1.54, 1.807) is 6.20 Å². The molecule has 32 heavy (non-hydrogen) atoms. The second-order valence-electron chi connectivity index (χ2n) is 8.77. The molecule has 164 valence electrons. The van der Waals surface area contributed by atoms with Crippen LogP contribution in [0.15, 0.2) is 35.4 Å². The largest absolute Gasteiger partial charge is 0.464 e. The van der Waals surface area contributed by atoms with Crippen LogP contribution in [-0.2, 0) is 22.2 Å². The molecule has 1 aliphatic rings. The third-order valence-corrected chi connectivity index (χ3v) is 7.25. The molecule has 0 aliphatic carbocycles. The second kappa shape index (κ2) is 7.59. The van der Waals surface area contributed by atoms with E-state index in [1.165, 1.54) is 22.2 Å². The summed E-state index contributed by atoms with van der Waals surface area (Å²) in [4.78, 5) is 26.3. The molecule has 4 aromatic rings. The minimum Gasteiger partial charge on any atom is -0.403 e. The number of fused-ring (bicyclic) bond motifs is 2. The predicted octanol–water partition coefficient (Wildman–Crippen LogP) is 3.67. The first kappa shape index (κ1) is 21.5. The number of nitrogens with zero attached hydrogens (tertiary/aromatic N) is 5. The van der Waals surface area contributed by atoms with Gasteiger partial charge >= 0.3 is 7.12 Å². The Morgan fingerprint density at radius 1 is 1.09 bits per heavy atom. The number of rotatable bonds is 4. The summed E-state index contributed by atoms with van der Waals surface area (Å²) in [6, 6.07) is 5.55. The highest BCUT2D eigenvalue weighted by Gasteiger charge is 2.51. The zero-order chi connectivity index (χ0) is 22.7. The summed E-state index contributed by atoms with van der Waals surface area (Å²) < 4.78 is 14.7. The number of benzene rings is 1. The fraction of sp³-hybridized carbons (Fsp3) is 0.381. The Hall–Kier alpha value is -2.40. The Kier molecular flexibility index (Phi) is 5.09.